The van der Waals surface area contributed by atoms with Crippen LogP contribution in [0.1, 0.15) is 150 Å². The first-order valence-electron chi connectivity index (χ1n) is 23.5. The van der Waals surface area contributed by atoms with Gasteiger partial charge in [-0.15, -0.1) is 0 Å². The average Bonchev–Trinajstić information content (AvgIpc) is 3.23. The number of carbonyl (C=O) groups is 4. The van der Waals surface area contributed by atoms with E-state index in [1.165, 1.54) is 6.08 Å². The van der Waals surface area contributed by atoms with Crippen molar-refractivity contribution in [2.24, 2.45) is 0 Å². The van der Waals surface area contributed by atoms with Crippen LogP contribution in [0.5, 0.6) is 0 Å². The van der Waals surface area contributed by atoms with Crippen LogP contribution in [-0.2, 0) is 57.1 Å². The van der Waals surface area contributed by atoms with E-state index >= 15 is 0 Å². The highest BCUT2D eigenvalue weighted by molar-refractivity contribution is 5.93. The van der Waals surface area contributed by atoms with Crippen molar-refractivity contribution in [3.63, 3.8) is 0 Å². The highest BCUT2D eigenvalue weighted by Crippen LogP contribution is 2.14. The number of hydrogen-bond donors (Lipinski definition) is 4. The maximum Gasteiger partial charge on any atom is 0.246 e. The number of hydrogen-bond acceptors (Lipinski definition) is 12. The summed E-state index contributed by atoms with van der Waals surface area (Å²) in [5.74, 6) is -0.604. The Morgan fingerprint density at radius 1 is 0.455 bits per heavy atom. The van der Waals surface area contributed by atoms with Crippen molar-refractivity contribution in [1.29, 1.82) is 0 Å². The third kappa shape index (κ3) is 35.7. The lowest BCUT2D eigenvalue weighted by atomic mass is 10.2. The molecule has 0 aromatic heterocycles. The zero-order valence-electron chi connectivity index (χ0n) is 44.8. The van der Waals surface area contributed by atoms with Crippen LogP contribution in [0, 0.1) is 0 Å². The first kappa shape index (κ1) is 69.1. The quantitative estimate of drug-likeness (QED) is 0.0400. The van der Waals surface area contributed by atoms with E-state index in [4.69, 9.17) is 37.9 Å². The second kappa shape index (κ2) is 41.7. The van der Waals surface area contributed by atoms with Gasteiger partial charge in [-0.2, -0.15) is 0 Å². The minimum atomic E-state index is -0.432. The number of ether oxygens (including phenoxy) is 8. The van der Waals surface area contributed by atoms with Gasteiger partial charge in [-0.3, -0.25) is 19.2 Å². The standard InChI is InChI=1S/2C14H27NO3.C12H23NO3.C10H19NO3/c1-8-12(15-13(16)9(2)3)14(17-10(4)5)18-11(6)7;1-7-9-13(16)15-12(8-2)14(17-10(3)4)18-11(5)6;1-6-10(13-11(14)9(4)5)12(15-7-2)16-8-3;1-6-8(10(13-4)14-5)11-9(12)7(2)3/h10-12,14H,2,8H2,1,3-7H3,(H,15,16);7,9-12,14H,8H2,1-6H3,(H,15,16);10,12H,4,6-8H2,1-3,5H3,(H,13,14);8,10H,2,6H2,1,3-5H3,(H,11,12). The van der Waals surface area contributed by atoms with E-state index in [1.807, 2.05) is 104 Å². The van der Waals surface area contributed by atoms with Crippen molar-refractivity contribution in [2.75, 3.05) is 27.4 Å². The maximum absolute atomic E-state index is 11.7. The highest BCUT2D eigenvalue weighted by Gasteiger charge is 2.27. The molecule has 16 nitrogen and oxygen atoms in total. The van der Waals surface area contributed by atoms with Crippen molar-refractivity contribution in [3.8, 4) is 0 Å². The Balaban J connectivity index is -0.000000390. The Kier molecular flexibility index (Phi) is 43.6. The molecule has 4 unspecified atom stereocenters. The van der Waals surface area contributed by atoms with E-state index in [2.05, 4.69) is 41.0 Å². The van der Waals surface area contributed by atoms with Crippen LogP contribution in [0.15, 0.2) is 48.6 Å². The number of amides is 4. The molecule has 66 heavy (non-hydrogen) atoms. The van der Waals surface area contributed by atoms with Crippen molar-refractivity contribution in [2.45, 2.75) is 224 Å². The van der Waals surface area contributed by atoms with E-state index in [1.54, 1.807) is 41.1 Å². The van der Waals surface area contributed by atoms with Crippen LogP contribution in [-0.4, -0.2) is 125 Å². The van der Waals surface area contributed by atoms with E-state index in [9.17, 15) is 19.2 Å². The van der Waals surface area contributed by atoms with Crippen LogP contribution < -0.4 is 21.3 Å². The third-order valence-electron chi connectivity index (χ3n) is 8.58. The topological polar surface area (TPSA) is 190 Å². The molecule has 16 heteroatoms. The van der Waals surface area contributed by atoms with Gasteiger partial charge in [0.05, 0.1) is 48.6 Å². The minimum absolute atomic E-state index is 0.0459. The number of allylic oxidation sites excluding steroid dienone is 1. The molecular weight excluding hydrogens is 849 g/mol. The van der Waals surface area contributed by atoms with Gasteiger partial charge in [-0.1, -0.05) is 53.5 Å². The molecule has 4 amide bonds. The Bertz CT molecular complexity index is 1340. The summed E-state index contributed by atoms with van der Waals surface area (Å²) in [5, 5.41) is 11.4. The molecule has 0 aromatic rings. The summed E-state index contributed by atoms with van der Waals surface area (Å²) < 4.78 is 44.0. The van der Waals surface area contributed by atoms with E-state index < -0.39 is 18.9 Å². The lowest BCUT2D eigenvalue weighted by molar-refractivity contribution is -0.196. The SMILES string of the molecule is C=C(C)C(=O)NC(CC)C(OC(C)C)OC(C)C.C=C(C)C(=O)NC(CC)C(OC)OC.C=C(C)C(=O)NC(CC)C(OCC)OCC.CC=CC(=O)NC(CC)C(OC(C)C)OC(C)C. The number of rotatable bonds is 30. The molecule has 0 aromatic carbocycles. The van der Waals surface area contributed by atoms with Gasteiger partial charge in [-0.05, 0) is 129 Å². The molecule has 0 aliphatic heterocycles. The fourth-order valence-electron chi connectivity index (χ4n) is 5.26. The Morgan fingerprint density at radius 2 is 0.712 bits per heavy atom. The Labute approximate surface area is 401 Å². The lowest BCUT2D eigenvalue weighted by Gasteiger charge is -2.30. The summed E-state index contributed by atoms with van der Waals surface area (Å²) in [6, 6.07) is -0.587. The summed E-state index contributed by atoms with van der Waals surface area (Å²) in [6.45, 7) is 46.1. The van der Waals surface area contributed by atoms with Crippen molar-refractivity contribution in [3.05, 3.63) is 48.6 Å². The van der Waals surface area contributed by atoms with Crippen molar-refractivity contribution >= 4 is 23.6 Å². The molecule has 4 N–H and O–H groups in total. The van der Waals surface area contributed by atoms with E-state index in [0.717, 1.165) is 25.7 Å². The summed E-state index contributed by atoms with van der Waals surface area (Å²) in [5.41, 5.74) is 1.46. The predicted molar refractivity (Wildman–Crippen MR) is 265 cm³/mol. The zero-order chi connectivity index (χ0) is 52.1. The van der Waals surface area contributed by atoms with Crippen LogP contribution in [0.4, 0.5) is 0 Å². The molecule has 0 heterocycles. The highest BCUT2D eigenvalue weighted by atomic mass is 16.7. The van der Waals surface area contributed by atoms with E-state index in [-0.39, 0.29) is 78.5 Å². The van der Waals surface area contributed by atoms with Crippen molar-refractivity contribution < 1.29 is 57.1 Å². The molecule has 0 saturated carbocycles. The number of carbonyl (C=O) groups excluding carboxylic acids is 4. The first-order valence-corrected chi connectivity index (χ1v) is 23.5. The molecule has 0 aliphatic carbocycles. The second-order valence-electron chi connectivity index (χ2n) is 16.4. The third-order valence-corrected chi connectivity index (χ3v) is 8.58. The summed E-state index contributed by atoms with van der Waals surface area (Å²) in [7, 11) is 3.09. The molecule has 0 spiro atoms. The largest absolute Gasteiger partial charge is 0.354 e. The van der Waals surface area contributed by atoms with Crippen molar-refractivity contribution in [1.82, 2.24) is 21.3 Å². The second-order valence-corrected chi connectivity index (χ2v) is 16.4. The van der Waals surface area contributed by atoms with Gasteiger partial charge in [-0.25, -0.2) is 0 Å². The zero-order valence-corrected chi connectivity index (χ0v) is 44.8. The predicted octanol–water partition coefficient (Wildman–Crippen LogP) is 8.20. The van der Waals surface area contributed by atoms with Gasteiger partial charge in [0.1, 0.15) is 0 Å². The summed E-state index contributed by atoms with van der Waals surface area (Å²) in [6.07, 6.45) is 4.77. The van der Waals surface area contributed by atoms with Gasteiger partial charge in [0, 0.05) is 44.2 Å². The Hall–Kier alpha value is -3.48. The van der Waals surface area contributed by atoms with Gasteiger partial charge in [0.2, 0.25) is 23.6 Å². The summed E-state index contributed by atoms with van der Waals surface area (Å²) in [4.78, 5) is 46.1. The first-order chi connectivity index (χ1) is 30.8. The minimum Gasteiger partial charge on any atom is -0.354 e. The van der Waals surface area contributed by atoms with Crippen LogP contribution in [0.3, 0.4) is 0 Å². The number of methoxy groups -OCH3 is 2. The molecular formula is C50H96N4O12. The van der Waals surface area contributed by atoms with E-state index in [0.29, 0.717) is 29.9 Å². The summed E-state index contributed by atoms with van der Waals surface area (Å²) >= 11 is 0. The van der Waals surface area contributed by atoms with Gasteiger partial charge >= 0.3 is 0 Å². The average molecular weight is 945 g/mol. The molecule has 0 rings (SSSR count). The normalized spacial score (nSPS) is 13.1. The van der Waals surface area contributed by atoms with Gasteiger partial charge in [0.25, 0.3) is 0 Å². The van der Waals surface area contributed by atoms with Crippen LogP contribution in [0.25, 0.3) is 0 Å². The molecule has 0 saturated heterocycles. The van der Waals surface area contributed by atoms with Gasteiger partial charge in [0.15, 0.2) is 25.2 Å². The molecule has 0 aliphatic rings. The molecule has 388 valence electrons. The smallest absolute Gasteiger partial charge is 0.246 e. The van der Waals surface area contributed by atoms with Crippen LogP contribution in [0.2, 0.25) is 0 Å². The fourth-order valence-corrected chi connectivity index (χ4v) is 5.26. The molecule has 4 atom stereocenters. The number of nitrogens with one attached hydrogen (secondary N) is 4. The van der Waals surface area contributed by atoms with Crippen LogP contribution >= 0.6 is 0 Å². The fraction of sp³-hybridized carbons (Fsp3) is 0.760. The van der Waals surface area contributed by atoms with Gasteiger partial charge < -0.3 is 59.2 Å². The molecule has 0 fully saturated rings. The maximum atomic E-state index is 11.7. The molecule has 0 radical (unpaired) electrons. The lowest BCUT2D eigenvalue weighted by Crippen LogP contribution is -2.47. The monoisotopic (exact) mass is 945 g/mol. The Morgan fingerprint density at radius 3 is 0.924 bits per heavy atom. The molecule has 0 bridgehead atoms.